The van der Waals surface area contributed by atoms with Crippen molar-refractivity contribution in [3.05, 3.63) is 11.7 Å². The molecule has 2 N–H and O–H groups in total. The lowest BCUT2D eigenvalue weighted by Crippen LogP contribution is -2.49. The van der Waals surface area contributed by atoms with E-state index in [-0.39, 0.29) is 18.1 Å². The number of amides is 1. The van der Waals surface area contributed by atoms with Gasteiger partial charge in [0, 0.05) is 25.6 Å². The van der Waals surface area contributed by atoms with Crippen molar-refractivity contribution in [1.29, 1.82) is 0 Å². The Kier molecular flexibility index (Phi) is 5.05. The summed E-state index contributed by atoms with van der Waals surface area (Å²) in [6.45, 7) is 8.66. The topological polar surface area (TPSA) is 94.5 Å². The van der Waals surface area contributed by atoms with Gasteiger partial charge >= 0.3 is 6.09 Å². The first kappa shape index (κ1) is 16.7. The van der Waals surface area contributed by atoms with Crippen molar-refractivity contribution >= 4 is 6.09 Å². The number of hydrogen-bond acceptors (Lipinski definition) is 6. The van der Waals surface area contributed by atoms with Crippen molar-refractivity contribution in [3.63, 3.8) is 0 Å². The molecule has 22 heavy (non-hydrogen) atoms. The van der Waals surface area contributed by atoms with E-state index >= 15 is 0 Å². The zero-order valence-electron chi connectivity index (χ0n) is 13.8. The van der Waals surface area contributed by atoms with Gasteiger partial charge in [-0.15, -0.1) is 0 Å². The lowest BCUT2D eigenvalue weighted by Gasteiger charge is -2.35. The minimum absolute atomic E-state index is 0.0892. The summed E-state index contributed by atoms with van der Waals surface area (Å²) in [4.78, 5) is 18.3. The van der Waals surface area contributed by atoms with Gasteiger partial charge in [-0.2, -0.15) is 4.98 Å². The summed E-state index contributed by atoms with van der Waals surface area (Å²) in [5.41, 5.74) is 5.67. The fraction of sp³-hybridized carbons (Fsp3) is 0.800. The van der Waals surface area contributed by atoms with E-state index in [1.165, 1.54) is 0 Å². The summed E-state index contributed by atoms with van der Waals surface area (Å²) in [6.07, 6.45) is 2.11. The van der Waals surface area contributed by atoms with Crippen LogP contribution in [0.5, 0.6) is 0 Å². The number of hydrogen-bond donors (Lipinski definition) is 1. The van der Waals surface area contributed by atoms with E-state index in [1.54, 1.807) is 4.90 Å². The Morgan fingerprint density at radius 3 is 2.86 bits per heavy atom. The van der Waals surface area contributed by atoms with Gasteiger partial charge in [0.2, 0.25) is 5.89 Å². The normalized spacial score (nSPS) is 22.7. The van der Waals surface area contributed by atoms with Gasteiger partial charge in [0.05, 0.1) is 5.92 Å². The number of rotatable bonds is 3. The van der Waals surface area contributed by atoms with E-state index < -0.39 is 5.60 Å². The van der Waals surface area contributed by atoms with Crippen molar-refractivity contribution in [2.45, 2.75) is 64.5 Å². The third-order valence-electron chi connectivity index (χ3n) is 3.59. The van der Waals surface area contributed by atoms with Gasteiger partial charge in [-0.05, 0) is 33.6 Å². The van der Waals surface area contributed by atoms with Crippen LogP contribution in [-0.2, 0) is 11.2 Å². The van der Waals surface area contributed by atoms with Gasteiger partial charge in [-0.1, -0.05) is 12.1 Å². The summed E-state index contributed by atoms with van der Waals surface area (Å²) >= 11 is 0. The molecule has 0 bridgehead atoms. The highest BCUT2D eigenvalue weighted by Crippen LogP contribution is 2.26. The van der Waals surface area contributed by atoms with E-state index in [4.69, 9.17) is 15.0 Å². The Balaban J connectivity index is 2.05. The maximum Gasteiger partial charge on any atom is 0.410 e. The SMILES string of the molecule is CCCc1noc([C@@H]2CN(C(=O)OC(C)(C)C)CC[C@@H]2N)n1. The molecule has 1 aliphatic heterocycles. The lowest BCUT2D eigenvalue weighted by atomic mass is 9.93. The standard InChI is InChI=1S/C15H26N4O3/c1-5-6-12-17-13(22-18-12)10-9-19(8-7-11(10)16)14(20)21-15(2,3)4/h10-11H,5-9,16H2,1-4H3/t10-,11+/m1/s1. The van der Waals surface area contributed by atoms with E-state index in [1.807, 2.05) is 20.8 Å². The number of carbonyl (C=O) groups is 1. The molecular weight excluding hydrogens is 284 g/mol. The Morgan fingerprint density at radius 1 is 1.50 bits per heavy atom. The Labute approximate surface area is 131 Å². The molecule has 124 valence electrons. The molecule has 1 aromatic heterocycles. The molecule has 7 heteroatoms. The molecule has 0 radical (unpaired) electrons. The molecule has 1 aromatic rings. The van der Waals surface area contributed by atoms with Crippen LogP contribution in [0.25, 0.3) is 0 Å². The van der Waals surface area contributed by atoms with Gasteiger partial charge in [0.15, 0.2) is 5.82 Å². The second-order valence-electron chi connectivity index (χ2n) is 6.78. The predicted molar refractivity (Wildman–Crippen MR) is 81.4 cm³/mol. The van der Waals surface area contributed by atoms with Gasteiger partial charge in [-0.25, -0.2) is 4.79 Å². The maximum absolute atomic E-state index is 12.2. The van der Waals surface area contributed by atoms with E-state index in [0.717, 1.165) is 12.8 Å². The highest BCUT2D eigenvalue weighted by molar-refractivity contribution is 5.68. The summed E-state index contributed by atoms with van der Waals surface area (Å²) in [5, 5.41) is 3.97. The summed E-state index contributed by atoms with van der Waals surface area (Å²) in [6, 6.07) is -0.0892. The van der Waals surface area contributed by atoms with Crippen LogP contribution in [0.3, 0.4) is 0 Å². The Hall–Kier alpha value is -1.63. The largest absolute Gasteiger partial charge is 0.444 e. The molecule has 0 unspecified atom stereocenters. The van der Waals surface area contributed by atoms with Crippen molar-refractivity contribution in [1.82, 2.24) is 15.0 Å². The number of likely N-dealkylation sites (tertiary alicyclic amines) is 1. The number of carbonyl (C=O) groups excluding carboxylic acids is 1. The van der Waals surface area contributed by atoms with Crippen LogP contribution in [0.15, 0.2) is 4.52 Å². The summed E-state index contributed by atoms with van der Waals surface area (Å²) < 4.78 is 10.8. The van der Waals surface area contributed by atoms with Crippen LogP contribution < -0.4 is 5.73 Å². The number of piperidine rings is 1. The third-order valence-corrected chi connectivity index (χ3v) is 3.59. The molecule has 1 amide bonds. The van der Waals surface area contributed by atoms with Gasteiger partial charge < -0.3 is 19.9 Å². The second-order valence-corrected chi connectivity index (χ2v) is 6.78. The van der Waals surface area contributed by atoms with Crippen LogP contribution in [-0.4, -0.2) is 45.9 Å². The molecule has 1 fully saturated rings. The second kappa shape index (κ2) is 6.64. The minimum atomic E-state index is -0.509. The first-order valence-corrected chi connectivity index (χ1v) is 7.86. The van der Waals surface area contributed by atoms with Crippen LogP contribution in [0.2, 0.25) is 0 Å². The zero-order valence-corrected chi connectivity index (χ0v) is 13.8. The van der Waals surface area contributed by atoms with Crippen molar-refractivity contribution in [2.75, 3.05) is 13.1 Å². The number of aryl methyl sites for hydroxylation is 1. The predicted octanol–water partition coefficient (Wildman–Crippen LogP) is 2.07. The monoisotopic (exact) mass is 310 g/mol. The van der Waals surface area contributed by atoms with Crippen LogP contribution >= 0.6 is 0 Å². The zero-order chi connectivity index (χ0) is 16.3. The van der Waals surface area contributed by atoms with E-state index in [2.05, 4.69) is 17.1 Å². The molecule has 2 atom stereocenters. The molecule has 2 heterocycles. The molecule has 7 nitrogen and oxygen atoms in total. The average Bonchev–Trinajstić information content (AvgIpc) is 2.86. The Morgan fingerprint density at radius 2 is 2.23 bits per heavy atom. The molecule has 1 aliphatic rings. The summed E-state index contributed by atoms with van der Waals surface area (Å²) in [5.74, 6) is 1.07. The third kappa shape index (κ3) is 4.19. The molecular formula is C15H26N4O3. The maximum atomic E-state index is 12.2. The molecule has 1 saturated heterocycles. The fourth-order valence-corrected chi connectivity index (χ4v) is 2.47. The smallest absolute Gasteiger partial charge is 0.410 e. The van der Waals surface area contributed by atoms with Gasteiger partial charge in [-0.3, -0.25) is 0 Å². The number of ether oxygens (including phenoxy) is 1. The lowest BCUT2D eigenvalue weighted by molar-refractivity contribution is 0.0175. The van der Waals surface area contributed by atoms with Gasteiger partial charge in [0.25, 0.3) is 0 Å². The number of nitrogens with zero attached hydrogens (tertiary/aromatic N) is 3. The fourth-order valence-electron chi connectivity index (χ4n) is 2.47. The molecule has 2 rings (SSSR count). The number of aromatic nitrogens is 2. The molecule has 0 aliphatic carbocycles. The molecule has 0 aromatic carbocycles. The Bertz CT molecular complexity index is 509. The first-order chi connectivity index (χ1) is 10.3. The highest BCUT2D eigenvalue weighted by atomic mass is 16.6. The first-order valence-electron chi connectivity index (χ1n) is 7.86. The van der Waals surface area contributed by atoms with Crippen LogP contribution in [0.1, 0.15) is 58.2 Å². The van der Waals surface area contributed by atoms with Crippen molar-refractivity contribution in [3.8, 4) is 0 Å². The average molecular weight is 310 g/mol. The van der Waals surface area contributed by atoms with Crippen LogP contribution in [0.4, 0.5) is 4.79 Å². The number of nitrogens with two attached hydrogens (primary N) is 1. The highest BCUT2D eigenvalue weighted by Gasteiger charge is 2.35. The molecule has 0 saturated carbocycles. The van der Waals surface area contributed by atoms with E-state index in [0.29, 0.717) is 31.2 Å². The quantitative estimate of drug-likeness (QED) is 0.918. The minimum Gasteiger partial charge on any atom is -0.444 e. The van der Waals surface area contributed by atoms with Crippen molar-refractivity contribution < 1.29 is 14.1 Å². The summed E-state index contributed by atoms with van der Waals surface area (Å²) in [7, 11) is 0. The van der Waals surface area contributed by atoms with Crippen molar-refractivity contribution in [2.24, 2.45) is 5.73 Å². The molecule has 0 spiro atoms. The van der Waals surface area contributed by atoms with Crippen LogP contribution in [0, 0.1) is 0 Å². The van der Waals surface area contributed by atoms with E-state index in [9.17, 15) is 4.79 Å². The van der Waals surface area contributed by atoms with Gasteiger partial charge in [0.1, 0.15) is 5.60 Å².